The lowest BCUT2D eigenvalue weighted by Crippen LogP contribution is -2.50. The fourth-order valence-electron chi connectivity index (χ4n) is 2.08. The number of hydrogen-bond donors (Lipinski definition) is 1. The van der Waals surface area contributed by atoms with Gasteiger partial charge in [0.25, 0.3) is 5.91 Å². The van der Waals surface area contributed by atoms with Gasteiger partial charge in [0.05, 0.1) is 12.5 Å². The van der Waals surface area contributed by atoms with Crippen LogP contribution in [-0.2, 0) is 20.7 Å². The number of nitriles is 1. The van der Waals surface area contributed by atoms with E-state index in [2.05, 4.69) is 16.4 Å². The van der Waals surface area contributed by atoms with E-state index in [4.69, 9.17) is 14.4 Å². The number of ether oxygens (including phenoxy) is 1. The summed E-state index contributed by atoms with van der Waals surface area (Å²) in [5.41, 5.74) is 0.395. The zero-order valence-corrected chi connectivity index (χ0v) is 14.5. The van der Waals surface area contributed by atoms with Gasteiger partial charge in [-0.3, -0.25) is 9.59 Å². The number of hydrogen-bond acceptors (Lipinski definition) is 6. The van der Waals surface area contributed by atoms with Crippen molar-refractivity contribution in [2.24, 2.45) is 5.92 Å². The average molecular weight is 343 g/mol. The van der Waals surface area contributed by atoms with Crippen LogP contribution in [0.3, 0.4) is 0 Å². The van der Waals surface area contributed by atoms with Crippen LogP contribution in [-0.4, -0.2) is 29.0 Å². The van der Waals surface area contributed by atoms with Crippen LogP contribution in [0.2, 0.25) is 0 Å². The molecule has 7 nitrogen and oxygen atoms in total. The number of rotatable bonds is 7. The summed E-state index contributed by atoms with van der Waals surface area (Å²) in [6.45, 7) is 4.87. The molecule has 0 saturated carbocycles. The molecule has 0 fully saturated rings. The Morgan fingerprint density at radius 1 is 1.40 bits per heavy atom. The van der Waals surface area contributed by atoms with Crippen molar-refractivity contribution in [2.75, 3.05) is 6.61 Å². The summed E-state index contributed by atoms with van der Waals surface area (Å²) < 4.78 is 10.5. The first-order valence-electron chi connectivity index (χ1n) is 8.06. The minimum Gasteiger partial charge on any atom is -0.456 e. The van der Waals surface area contributed by atoms with Crippen molar-refractivity contribution in [1.29, 1.82) is 5.26 Å². The lowest BCUT2D eigenvalue weighted by Gasteiger charge is -2.27. The number of aryl methyl sites for hydroxylation is 1. The van der Waals surface area contributed by atoms with Crippen LogP contribution in [0.25, 0.3) is 11.1 Å². The molecule has 7 heteroatoms. The van der Waals surface area contributed by atoms with E-state index in [9.17, 15) is 9.59 Å². The van der Waals surface area contributed by atoms with Crippen molar-refractivity contribution in [2.45, 2.75) is 39.2 Å². The van der Waals surface area contributed by atoms with E-state index in [1.54, 1.807) is 13.0 Å². The van der Waals surface area contributed by atoms with Gasteiger partial charge in [0.2, 0.25) is 0 Å². The molecular weight excluding hydrogens is 322 g/mol. The number of carbonyl (C=O) groups excluding carboxylic acids is 2. The Balaban J connectivity index is 1.78. The van der Waals surface area contributed by atoms with Crippen LogP contribution < -0.4 is 5.32 Å². The number of para-hydroxylation sites is 2. The molecule has 1 aromatic carbocycles. The average Bonchev–Trinajstić information content (AvgIpc) is 3.00. The monoisotopic (exact) mass is 343 g/mol. The number of benzene rings is 1. The number of amides is 1. The number of fused-ring (bicyclic) bond motifs is 1. The Morgan fingerprint density at radius 3 is 2.76 bits per heavy atom. The van der Waals surface area contributed by atoms with Crippen LogP contribution in [0.15, 0.2) is 28.7 Å². The molecule has 0 aliphatic rings. The highest BCUT2D eigenvalue weighted by molar-refractivity contribution is 5.81. The Morgan fingerprint density at radius 2 is 2.12 bits per heavy atom. The summed E-state index contributed by atoms with van der Waals surface area (Å²) in [6, 6.07) is 9.39. The number of esters is 1. The summed E-state index contributed by atoms with van der Waals surface area (Å²) in [6.07, 6.45) is 0.344. The highest BCUT2D eigenvalue weighted by Gasteiger charge is 2.30. The van der Waals surface area contributed by atoms with E-state index < -0.39 is 24.0 Å². The first-order valence-corrected chi connectivity index (χ1v) is 8.06. The molecule has 0 spiro atoms. The largest absolute Gasteiger partial charge is 0.456 e. The van der Waals surface area contributed by atoms with Gasteiger partial charge in [0.1, 0.15) is 11.1 Å². The van der Waals surface area contributed by atoms with E-state index >= 15 is 0 Å². The van der Waals surface area contributed by atoms with E-state index in [0.29, 0.717) is 11.5 Å². The third kappa shape index (κ3) is 4.80. The number of carbonyl (C=O) groups is 2. The highest BCUT2D eigenvalue weighted by Crippen LogP contribution is 2.16. The maximum atomic E-state index is 11.8. The van der Waals surface area contributed by atoms with Crippen molar-refractivity contribution in [3.8, 4) is 6.07 Å². The van der Waals surface area contributed by atoms with Gasteiger partial charge in [0.15, 0.2) is 18.1 Å². The molecule has 1 atom stereocenters. The summed E-state index contributed by atoms with van der Waals surface area (Å²) in [7, 11) is 0. The van der Waals surface area contributed by atoms with Gasteiger partial charge in [-0.05, 0) is 25.0 Å². The molecule has 0 bridgehead atoms. The van der Waals surface area contributed by atoms with Crippen molar-refractivity contribution < 1.29 is 18.7 Å². The predicted octanol–water partition coefficient (Wildman–Crippen LogP) is 2.36. The molecule has 1 amide bonds. The molecule has 2 aromatic rings. The molecule has 25 heavy (non-hydrogen) atoms. The number of nitrogens with zero attached hydrogens (tertiary/aromatic N) is 2. The Kier molecular flexibility index (Phi) is 5.75. The minimum atomic E-state index is -0.998. The standard InChI is InChI=1S/C18H21N3O4/c1-12(2)18(3,11-19)21-15(22)10-24-17(23)9-8-16-20-13-6-4-5-7-14(13)25-16/h4-7,12H,8-10H2,1-3H3,(H,21,22)/t18-/m1/s1. The van der Waals surface area contributed by atoms with Gasteiger partial charge in [0, 0.05) is 6.42 Å². The first-order chi connectivity index (χ1) is 11.8. The Hall–Kier alpha value is -2.88. The number of nitrogens with one attached hydrogen (secondary N) is 1. The van der Waals surface area contributed by atoms with Crippen LogP contribution >= 0.6 is 0 Å². The molecule has 0 aliphatic heterocycles. The molecule has 1 N–H and O–H groups in total. The molecule has 0 radical (unpaired) electrons. The van der Waals surface area contributed by atoms with Crippen molar-refractivity contribution in [3.63, 3.8) is 0 Å². The second kappa shape index (κ2) is 7.79. The van der Waals surface area contributed by atoms with E-state index in [1.807, 2.05) is 32.0 Å². The zero-order chi connectivity index (χ0) is 18.4. The molecule has 2 rings (SSSR count). The molecule has 1 heterocycles. The summed E-state index contributed by atoms with van der Waals surface area (Å²) in [4.78, 5) is 27.9. The molecule has 132 valence electrons. The van der Waals surface area contributed by atoms with Gasteiger partial charge < -0.3 is 14.5 Å². The second-order valence-corrected chi connectivity index (χ2v) is 6.25. The van der Waals surface area contributed by atoms with Crippen LogP contribution in [0.5, 0.6) is 0 Å². The van der Waals surface area contributed by atoms with Gasteiger partial charge in [-0.15, -0.1) is 0 Å². The van der Waals surface area contributed by atoms with Crippen molar-refractivity contribution in [1.82, 2.24) is 10.3 Å². The van der Waals surface area contributed by atoms with Crippen molar-refractivity contribution >= 4 is 23.0 Å². The smallest absolute Gasteiger partial charge is 0.306 e. The van der Waals surface area contributed by atoms with Crippen LogP contribution in [0, 0.1) is 17.2 Å². The third-order valence-corrected chi connectivity index (χ3v) is 4.03. The third-order valence-electron chi connectivity index (χ3n) is 4.03. The van der Waals surface area contributed by atoms with E-state index in [1.165, 1.54) is 0 Å². The summed E-state index contributed by atoms with van der Waals surface area (Å²) in [5.74, 6) is -0.663. The Labute approximate surface area is 146 Å². The molecular formula is C18H21N3O4. The zero-order valence-electron chi connectivity index (χ0n) is 14.5. The summed E-state index contributed by atoms with van der Waals surface area (Å²) >= 11 is 0. The topological polar surface area (TPSA) is 105 Å². The minimum absolute atomic E-state index is 0.0554. The quantitative estimate of drug-likeness (QED) is 0.774. The second-order valence-electron chi connectivity index (χ2n) is 6.25. The maximum absolute atomic E-state index is 11.8. The van der Waals surface area contributed by atoms with Crippen molar-refractivity contribution in [3.05, 3.63) is 30.2 Å². The summed E-state index contributed by atoms with van der Waals surface area (Å²) in [5, 5.41) is 11.7. The highest BCUT2D eigenvalue weighted by atomic mass is 16.5. The van der Waals surface area contributed by atoms with Gasteiger partial charge in [-0.1, -0.05) is 26.0 Å². The Bertz CT molecular complexity index is 773. The number of aromatic nitrogens is 1. The number of oxazole rings is 1. The SMILES string of the molecule is CC(C)[C@@](C)(C#N)NC(=O)COC(=O)CCc1nc2ccccc2o1. The van der Waals surface area contributed by atoms with Gasteiger partial charge in [-0.25, -0.2) is 4.98 Å². The molecule has 0 unspecified atom stereocenters. The lowest BCUT2D eigenvalue weighted by molar-refractivity contribution is -0.149. The first kappa shape index (κ1) is 18.5. The molecule has 0 aliphatic carbocycles. The van der Waals surface area contributed by atoms with Crippen LogP contribution in [0.1, 0.15) is 33.1 Å². The molecule has 0 saturated heterocycles. The molecule has 1 aromatic heterocycles. The normalized spacial score (nSPS) is 13.2. The predicted molar refractivity (Wildman–Crippen MR) is 90.3 cm³/mol. The van der Waals surface area contributed by atoms with Gasteiger partial charge >= 0.3 is 5.97 Å². The fourth-order valence-corrected chi connectivity index (χ4v) is 2.08. The fraction of sp³-hybridized carbons (Fsp3) is 0.444. The van der Waals surface area contributed by atoms with Crippen LogP contribution in [0.4, 0.5) is 0 Å². The van der Waals surface area contributed by atoms with E-state index in [-0.39, 0.29) is 18.8 Å². The lowest BCUT2D eigenvalue weighted by atomic mass is 9.90. The van der Waals surface area contributed by atoms with Gasteiger partial charge in [-0.2, -0.15) is 5.26 Å². The van der Waals surface area contributed by atoms with E-state index in [0.717, 1.165) is 5.52 Å². The maximum Gasteiger partial charge on any atom is 0.306 e.